The highest BCUT2D eigenvalue weighted by molar-refractivity contribution is 7.15. The van der Waals surface area contributed by atoms with Gasteiger partial charge in [-0.05, 0) is 37.4 Å². The molecule has 1 saturated heterocycles. The van der Waals surface area contributed by atoms with Crippen LogP contribution in [0.2, 0.25) is 4.47 Å². The van der Waals surface area contributed by atoms with Crippen molar-refractivity contribution >= 4 is 22.9 Å². The van der Waals surface area contributed by atoms with Gasteiger partial charge in [-0.25, -0.2) is 0 Å². The molecule has 0 bridgehead atoms. The van der Waals surface area contributed by atoms with Crippen LogP contribution in [0.25, 0.3) is 0 Å². The van der Waals surface area contributed by atoms with Crippen molar-refractivity contribution < 1.29 is 4.74 Å². The molecule has 1 aliphatic heterocycles. The van der Waals surface area contributed by atoms with E-state index in [1.165, 1.54) is 24.2 Å². The number of ether oxygens (including phenoxy) is 1. The molecule has 0 aromatic carbocycles. The summed E-state index contributed by atoms with van der Waals surface area (Å²) in [6.45, 7) is 5.96. The topological polar surface area (TPSA) is 38.2 Å². The highest BCUT2D eigenvalue weighted by atomic mass is 35.5. The third kappa shape index (κ3) is 4.17. The Morgan fingerprint density at radius 2 is 2.41 bits per heavy atom. The van der Waals surface area contributed by atoms with Gasteiger partial charge >= 0.3 is 0 Å². The van der Waals surface area contributed by atoms with Gasteiger partial charge in [-0.2, -0.15) is 0 Å². The number of hydrogen-bond donors (Lipinski definition) is 0. The van der Waals surface area contributed by atoms with E-state index in [1.807, 2.05) is 0 Å². The van der Waals surface area contributed by atoms with Gasteiger partial charge in [-0.15, -0.1) is 10.2 Å². The van der Waals surface area contributed by atoms with Crippen molar-refractivity contribution in [3.8, 4) is 0 Å². The predicted octanol–water partition coefficient (Wildman–Crippen LogP) is 2.58. The van der Waals surface area contributed by atoms with Crippen molar-refractivity contribution in [2.75, 3.05) is 19.7 Å². The molecular formula is C11H18ClN3OS. The van der Waals surface area contributed by atoms with E-state index in [4.69, 9.17) is 16.3 Å². The summed E-state index contributed by atoms with van der Waals surface area (Å²) in [5.74, 6) is 0. The van der Waals surface area contributed by atoms with Gasteiger partial charge in [-0.3, -0.25) is 4.90 Å². The van der Waals surface area contributed by atoms with E-state index < -0.39 is 0 Å². The zero-order valence-electron chi connectivity index (χ0n) is 10.1. The van der Waals surface area contributed by atoms with Crippen molar-refractivity contribution in [1.29, 1.82) is 0 Å². The Labute approximate surface area is 111 Å². The number of hydrogen-bond acceptors (Lipinski definition) is 5. The average Bonchev–Trinajstić information content (AvgIpc) is 2.73. The highest BCUT2D eigenvalue weighted by Gasteiger charge is 2.21. The van der Waals surface area contributed by atoms with Gasteiger partial charge in [-0.1, -0.05) is 18.3 Å². The molecule has 1 aromatic heterocycles. The lowest BCUT2D eigenvalue weighted by Crippen LogP contribution is -2.39. The Bertz CT molecular complexity index is 347. The Balaban J connectivity index is 1.80. The van der Waals surface area contributed by atoms with Crippen LogP contribution in [0.15, 0.2) is 0 Å². The van der Waals surface area contributed by atoms with Crippen LogP contribution in [0.5, 0.6) is 0 Å². The van der Waals surface area contributed by atoms with Crippen molar-refractivity contribution in [3.05, 3.63) is 9.47 Å². The van der Waals surface area contributed by atoms with Gasteiger partial charge in [0.15, 0.2) is 0 Å². The third-order valence-electron chi connectivity index (χ3n) is 2.82. The minimum Gasteiger partial charge on any atom is -0.377 e. The van der Waals surface area contributed by atoms with E-state index in [0.717, 1.165) is 37.7 Å². The standard InChI is InChI=1S/C11H18ClN3OS/c1-2-6-16-9-4-3-5-15(7-9)8-10-13-14-11(12)17-10/h9H,2-8H2,1H3. The van der Waals surface area contributed by atoms with E-state index in [1.54, 1.807) is 0 Å². The first-order chi connectivity index (χ1) is 8.28. The van der Waals surface area contributed by atoms with Crippen molar-refractivity contribution in [3.63, 3.8) is 0 Å². The molecule has 0 aliphatic carbocycles. The molecule has 4 nitrogen and oxygen atoms in total. The van der Waals surface area contributed by atoms with Crippen LogP contribution in [0, 0.1) is 0 Å². The SMILES string of the molecule is CCCOC1CCCN(Cc2nnc(Cl)s2)C1. The molecular weight excluding hydrogens is 258 g/mol. The van der Waals surface area contributed by atoms with Crippen molar-refractivity contribution in [1.82, 2.24) is 15.1 Å². The molecule has 2 heterocycles. The normalized spacial score (nSPS) is 21.9. The molecule has 96 valence electrons. The van der Waals surface area contributed by atoms with Gasteiger partial charge in [0, 0.05) is 13.2 Å². The number of piperidine rings is 1. The molecule has 0 saturated carbocycles. The summed E-state index contributed by atoms with van der Waals surface area (Å²) < 4.78 is 6.33. The molecule has 1 atom stereocenters. The minimum atomic E-state index is 0.382. The summed E-state index contributed by atoms with van der Waals surface area (Å²) in [7, 11) is 0. The van der Waals surface area contributed by atoms with Crippen LogP contribution in [0.3, 0.4) is 0 Å². The first-order valence-corrected chi connectivity index (χ1v) is 7.29. The van der Waals surface area contributed by atoms with Crippen LogP contribution in [-0.2, 0) is 11.3 Å². The summed E-state index contributed by atoms with van der Waals surface area (Å²) in [6, 6.07) is 0. The molecule has 1 unspecified atom stereocenters. The largest absolute Gasteiger partial charge is 0.377 e. The Kier molecular flexibility index (Phi) is 5.16. The smallest absolute Gasteiger partial charge is 0.207 e. The molecule has 17 heavy (non-hydrogen) atoms. The monoisotopic (exact) mass is 275 g/mol. The minimum absolute atomic E-state index is 0.382. The number of rotatable bonds is 5. The van der Waals surface area contributed by atoms with E-state index >= 15 is 0 Å². The lowest BCUT2D eigenvalue weighted by atomic mass is 10.1. The first kappa shape index (κ1) is 13.2. The highest BCUT2D eigenvalue weighted by Crippen LogP contribution is 2.20. The molecule has 0 amide bonds. The summed E-state index contributed by atoms with van der Waals surface area (Å²) >= 11 is 7.24. The number of likely N-dealkylation sites (tertiary alicyclic amines) is 1. The van der Waals surface area contributed by atoms with Gasteiger partial charge in [0.05, 0.1) is 12.6 Å². The molecule has 0 radical (unpaired) electrons. The second-order valence-corrected chi connectivity index (χ2v) is 5.96. The number of halogens is 1. The Morgan fingerprint density at radius 1 is 1.53 bits per heavy atom. The fraction of sp³-hybridized carbons (Fsp3) is 0.818. The fourth-order valence-corrected chi connectivity index (χ4v) is 2.98. The lowest BCUT2D eigenvalue weighted by Gasteiger charge is -2.31. The number of nitrogens with zero attached hydrogens (tertiary/aromatic N) is 3. The third-order valence-corrected chi connectivity index (χ3v) is 3.82. The summed E-state index contributed by atoms with van der Waals surface area (Å²) in [5, 5.41) is 8.87. The maximum absolute atomic E-state index is 5.80. The van der Waals surface area contributed by atoms with Crippen LogP contribution >= 0.6 is 22.9 Å². The molecule has 1 fully saturated rings. The maximum Gasteiger partial charge on any atom is 0.207 e. The summed E-state index contributed by atoms with van der Waals surface area (Å²) in [6.07, 6.45) is 3.84. The molecule has 2 rings (SSSR count). The van der Waals surface area contributed by atoms with Crippen molar-refractivity contribution in [2.45, 2.75) is 38.8 Å². The van der Waals surface area contributed by atoms with Crippen LogP contribution < -0.4 is 0 Å². The van der Waals surface area contributed by atoms with Crippen LogP contribution in [0.4, 0.5) is 0 Å². The zero-order valence-corrected chi connectivity index (χ0v) is 11.6. The Morgan fingerprint density at radius 3 is 3.12 bits per heavy atom. The van der Waals surface area contributed by atoms with Gasteiger partial charge in [0.25, 0.3) is 0 Å². The second-order valence-electron chi connectivity index (χ2n) is 4.32. The molecule has 0 spiro atoms. The second kappa shape index (κ2) is 6.64. The van der Waals surface area contributed by atoms with Gasteiger partial charge in [0.1, 0.15) is 5.01 Å². The maximum atomic E-state index is 5.80. The molecule has 0 N–H and O–H groups in total. The van der Waals surface area contributed by atoms with Gasteiger partial charge < -0.3 is 4.74 Å². The fourth-order valence-electron chi connectivity index (χ4n) is 2.07. The van der Waals surface area contributed by atoms with E-state index in [-0.39, 0.29) is 0 Å². The first-order valence-electron chi connectivity index (χ1n) is 6.09. The molecule has 6 heteroatoms. The Hall–Kier alpha value is -0.230. The molecule has 1 aromatic rings. The quantitative estimate of drug-likeness (QED) is 0.828. The van der Waals surface area contributed by atoms with E-state index in [9.17, 15) is 0 Å². The molecule has 1 aliphatic rings. The zero-order chi connectivity index (χ0) is 12.1. The predicted molar refractivity (Wildman–Crippen MR) is 69.5 cm³/mol. The average molecular weight is 276 g/mol. The lowest BCUT2D eigenvalue weighted by molar-refractivity contribution is -0.00228. The number of aromatic nitrogens is 2. The van der Waals surface area contributed by atoms with Crippen LogP contribution in [-0.4, -0.2) is 40.9 Å². The summed E-state index contributed by atoms with van der Waals surface area (Å²) in [5.41, 5.74) is 0. The summed E-state index contributed by atoms with van der Waals surface area (Å²) in [4.78, 5) is 2.38. The van der Waals surface area contributed by atoms with E-state index in [2.05, 4.69) is 22.0 Å². The van der Waals surface area contributed by atoms with Gasteiger partial charge in [0.2, 0.25) is 4.47 Å². The van der Waals surface area contributed by atoms with E-state index in [0.29, 0.717) is 10.6 Å². The van der Waals surface area contributed by atoms with Crippen LogP contribution in [0.1, 0.15) is 31.2 Å². The van der Waals surface area contributed by atoms with Crippen molar-refractivity contribution in [2.24, 2.45) is 0 Å².